The van der Waals surface area contributed by atoms with Crippen LogP contribution in [-0.4, -0.2) is 23.9 Å². The molecule has 1 aliphatic heterocycles. The van der Waals surface area contributed by atoms with Gasteiger partial charge in [-0.3, -0.25) is 14.5 Å². The van der Waals surface area contributed by atoms with E-state index in [1.807, 2.05) is 37.3 Å². The number of ether oxygens (including phenoxy) is 2. The summed E-state index contributed by atoms with van der Waals surface area (Å²) in [6.07, 6.45) is 0. The maximum Gasteiger partial charge on any atom is 0.300 e. The predicted octanol–water partition coefficient (Wildman–Crippen LogP) is 7.00. The molecule has 1 fully saturated rings. The topological polar surface area (TPSA) is 76.1 Å². The highest BCUT2D eigenvalue weighted by atomic mass is 35.5. The number of methoxy groups -OCH3 is 1. The fourth-order valence-electron chi connectivity index (χ4n) is 4.74. The third-order valence-electron chi connectivity index (χ3n) is 6.74. The van der Waals surface area contributed by atoms with Gasteiger partial charge in [-0.05, 0) is 60.5 Å². The Morgan fingerprint density at radius 1 is 0.950 bits per heavy atom. The second kappa shape index (κ2) is 11.2. The molecule has 1 saturated heterocycles. The van der Waals surface area contributed by atoms with Crippen LogP contribution in [0.3, 0.4) is 0 Å². The van der Waals surface area contributed by atoms with Crippen molar-refractivity contribution in [3.05, 3.63) is 130 Å². The monoisotopic (exact) mass is 557 g/mol. The van der Waals surface area contributed by atoms with Crippen molar-refractivity contribution in [3.8, 4) is 11.5 Å². The number of ketones is 1. The van der Waals surface area contributed by atoms with Gasteiger partial charge in [0.15, 0.2) is 0 Å². The Morgan fingerprint density at radius 2 is 1.65 bits per heavy atom. The van der Waals surface area contributed by atoms with Crippen LogP contribution in [0.15, 0.2) is 96.6 Å². The van der Waals surface area contributed by atoms with Gasteiger partial charge in [0.05, 0.1) is 23.7 Å². The molecule has 1 amide bonds. The fraction of sp³-hybridized carbons (Fsp3) is 0.125. The quantitative estimate of drug-likeness (QED) is 0.150. The summed E-state index contributed by atoms with van der Waals surface area (Å²) in [5.74, 6) is -1.96. The number of aliphatic hydroxyl groups excluding tert-OH is 1. The molecule has 202 valence electrons. The van der Waals surface area contributed by atoms with Gasteiger partial charge in [-0.25, -0.2) is 4.39 Å². The average Bonchev–Trinajstić information content (AvgIpc) is 3.22. The van der Waals surface area contributed by atoms with Gasteiger partial charge >= 0.3 is 0 Å². The Kier molecular flexibility index (Phi) is 7.58. The minimum absolute atomic E-state index is 0.0507. The number of hydrogen-bond acceptors (Lipinski definition) is 5. The molecule has 4 aromatic rings. The molecule has 0 aromatic heterocycles. The number of nitrogens with zero attached hydrogens (tertiary/aromatic N) is 1. The van der Waals surface area contributed by atoms with E-state index in [2.05, 4.69) is 0 Å². The SMILES string of the molecule is COc1ccc(N2C(=O)C(=O)/C(=C(/O)c3ccc(OCc4ccccc4)c(C)c3)C2c2ccccc2F)cc1Cl. The van der Waals surface area contributed by atoms with Crippen molar-refractivity contribution in [3.63, 3.8) is 0 Å². The molecule has 1 unspecified atom stereocenters. The molecular formula is C32H25ClFNO5. The van der Waals surface area contributed by atoms with Gasteiger partial charge in [0.25, 0.3) is 11.7 Å². The molecule has 0 saturated carbocycles. The van der Waals surface area contributed by atoms with Crippen molar-refractivity contribution >= 4 is 34.7 Å². The number of hydrogen-bond donors (Lipinski definition) is 1. The Labute approximate surface area is 235 Å². The van der Waals surface area contributed by atoms with Crippen LogP contribution in [0.1, 0.15) is 28.3 Å². The van der Waals surface area contributed by atoms with Gasteiger partial charge in [0.2, 0.25) is 0 Å². The van der Waals surface area contributed by atoms with E-state index in [4.69, 9.17) is 21.1 Å². The maximum absolute atomic E-state index is 15.1. The average molecular weight is 558 g/mol. The third kappa shape index (κ3) is 5.03. The zero-order valence-electron chi connectivity index (χ0n) is 21.7. The molecular weight excluding hydrogens is 533 g/mol. The summed E-state index contributed by atoms with van der Waals surface area (Å²) in [7, 11) is 1.45. The maximum atomic E-state index is 15.1. The normalized spacial score (nSPS) is 16.3. The Hall–Kier alpha value is -4.62. The number of aliphatic hydroxyl groups is 1. The molecule has 6 nitrogen and oxygen atoms in total. The molecule has 0 aliphatic carbocycles. The summed E-state index contributed by atoms with van der Waals surface area (Å²) in [4.78, 5) is 27.9. The van der Waals surface area contributed by atoms with Crippen molar-refractivity contribution in [2.45, 2.75) is 19.6 Å². The molecule has 4 aromatic carbocycles. The van der Waals surface area contributed by atoms with Crippen LogP contribution in [-0.2, 0) is 16.2 Å². The number of Topliss-reactive ketones (excluding diaryl/α,β-unsaturated/α-hetero) is 1. The molecule has 8 heteroatoms. The second-order valence-electron chi connectivity index (χ2n) is 9.26. The first-order valence-electron chi connectivity index (χ1n) is 12.5. The highest BCUT2D eigenvalue weighted by molar-refractivity contribution is 6.51. The van der Waals surface area contributed by atoms with E-state index in [0.717, 1.165) is 10.5 Å². The number of benzene rings is 4. The van der Waals surface area contributed by atoms with Gasteiger partial charge < -0.3 is 14.6 Å². The van der Waals surface area contributed by atoms with Crippen molar-refractivity contribution in [1.82, 2.24) is 0 Å². The van der Waals surface area contributed by atoms with Crippen LogP contribution in [0.2, 0.25) is 5.02 Å². The van der Waals surface area contributed by atoms with E-state index >= 15 is 4.39 Å². The van der Waals surface area contributed by atoms with Crippen LogP contribution in [0.25, 0.3) is 5.76 Å². The second-order valence-corrected chi connectivity index (χ2v) is 9.67. The van der Waals surface area contributed by atoms with Crippen molar-refractivity contribution in [1.29, 1.82) is 0 Å². The summed E-state index contributed by atoms with van der Waals surface area (Å²) in [6, 6.07) is 23.8. The van der Waals surface area contributed by atoms with Crippen LogP contribution < -0.4 is 14.4 Å². The first kappa shape index (κ1) is 27.0. The molecule has 1 atom stereocenters. The number of amides is 1. The summed E-state index contributed by atoms with van der Waals surface area (Å²) in [5, 5.41) is 11.6. The molecule has 0 bridgehead atoms. The van der Waals surface area contributed by atoms with Crippen LogP contribution >= 0.6 is 11.6 Å². The highest BCUT2D eigenvalue weighted by Gasteiger charge is 2.48. The lowest BCUT2D eigenvalue weighted by atomic mass is 9.94. The van der Waals surface area contributed by atoms with Gasteiger partial charge in [-0.1, -0.05) is 60.1 Å². The van der Waals surface area contributed by atoms with Gasteiger partial charge in [-0.2, -0.15) is 0 Å². The zero-order valence-corrected chi connectivity index (χ0v) is 22.5. The van der Waals surface area contributed by atoms with E-state index in [-0.39, 0.29) is 27.4 Å². The molecule has 1 heterocycles. The lowest BCUT2D eigenvalue weighted by molar-refractivity contribution is -0.132. The van der Waals surface area contributed by atoms with Crippen molar-refractivity contribution < 1.29 is 28.6 Å². The smallest absolute Gasteiger partial charge is 0.300 e. The molecule has 1 N–H and O–H groups in total. The predicted molar refractivity (Wildman–Crippen MR) is 151 cm³/mol. The minimum atomic E-state index is -1.24. The Bertz CT molecular complexity index is 1640. The van der Waals surface area contributed by atoms with Crippen LogP contribution in [0.4, 0.5) is 10.1 Å². The first-order valence-corrected chi connectivity index (χ1v) is 12.8. The van der Waals surface area contributed by atoms with Crippen LogP contribution in [0, 0.1) is 12.7 Å². The third-order valence-corrected chi connectivity index (χ3v) is 7.04. The van der Waals surface area contributed by atoms with Crippen molar-refractivity contribution in [2.24, 2.45) is 0 Å². The largest absolute Gasteiger partial charge is 0.507 e. The van der Waals surface area contributed by atoms with Gasteiger partial charge in [-0.15, -0.1) is 0 Å². The standard InChI is InChI=1S/C32H25ClFNO5/c1-19-16-21(12-14-26(19)40-18-20-8-4-3-5-9-20)30(36)28-29(23-10-6-7-11-25(23)34)35(32(38)31(28)37)22-13-15-27(39-2)24(33)17-22/h3-17,29,36H,18H2,1-2H3/b30-28+. The highest BCUT2D eigenvalue weighted by Crippen LogP contribution is 2.44. The van der Waals surface area contributed by atoms with E-state index in [9.17, 15) is 14.7 Å². The van der Waals surface area contributed by atoms with Crippen LogP contribution in [0.5, 0.6) is 11.5 Å². The lowest BCUT2D eigenvalue weighted by Crippen LogP contribution is -2.29. The minimum Gasteiger partial charge on any atom is -0.507 e. The number of aryl methyl sites for hydroxylation is 1. The summed E-state index contributed by atoms with van der Waals surface area (Å²) < 4.78 is 26.3. The van der Waals surface area contributed by atoms with E-state index in [1.54, 1.807) is 36.4 Å². The van der Waals surface area contributed by atoms with E-state index < -0.39 is 29.3 Å². The number of rotatable bonds is 7. The van der Waals surface area contributed by atoms with Gasteiger partial charge in [0, 0.05) is 16.8 Å². The summed E-state index contributed by atoms with van der Waals surface area (Å²) in [6.45, 7) is 2.17. The van der Waals surface area contributed by atoms with Gasteiger partial charge in [0.1, 0.15) is 29.7 Å². The Balaban J connectivity index is 1.58. The summed E-state index contributed by atoms with van der Waals surface area (Å²) >= 11 is 6.31. The molecule has 5 rings (SSSR count). The summed E-state index contributed by atoms with van der Waals surface area (Å²) in [5.41, 5.74) is 2.06. The fourth-order valence-corrected chi connectivity index (χ4v) is 5.00. The first-order chi connectivity index (χ1) is 19.3. The molecule has 0 spiro atoms. The molecule has 0 radical (unpaired) electrons. The Morgan fingerprint density at radius 3 is 2.33 bits per heavy atom. The molecule has 40 heavy (non-hydrogen) atoms. The van der Waals surface area contributed by atoms with E-state index in [1.165, 1.54) is 31.4 Å². The zero-order chi connectivity index (χ0) is 28.4. The van der Waals surface area contributed by atoms with E-state index in [0.29, 0.717) is 23.7 Å². The lowest BCUT2D eigenvalue weighted by Gasteiger charge is -2.26. The number of carbonyl (C=O) groups excluding carboxylic acids is 2. The number of halogens is 2. The molecule has 1 aliphatic rings. The number of carbonyl (C=O) groups is 2. The van der Waals surface area contributed by atoms with Crippen molar-refractivity contribution in [2.75, 3.05) is 12.0 Å². The number of anilines is 1.